The van der Waals surface area contributed by atoms with Crippen LogP contribution in [0.5, 0.6) is 0 Å². The number of hydrogen-bond acceptors (Lipinski definition) is 6. The molecule has 0 unspecified atom stereocenters. The molecular weight excluding hydrogens is 663 g/mol. The molecule has 0 spiro atoms. The molecule has 0 heterocycles. The predicted molar refractivity (Wildman–Crippen MR) is 203 cm³/mol. The number of ketones is 6. The summed E-state index contributed by atoms with van der Waals surface area (Å²) < 4.78 is 0. The molecule has 6 rings (SSSR count). The zero-order valence-corrected chi connectivity index (χ0v) is 29.2. The maximum absolute atomic E-state index is 11.8. The van der Waals surface area contributed by atoms with E-state index in [-0.39, 0.29) is 52.1 Å². The third kappa shape index (κ3) is 13.1. The van der Waals surface area contributed by atoms with Crippen LogP contribution in [0.4, 0.5) is 0 Å². The standard InChI is InChI=1S/3C15H11O2.Al/c3*16-14(12-7-3-1-4-8-12)11-15(17)13-9-5-2-6-10-13;/h3*1-11H;/q3*-1;+3. The summed E-state index contributed by atoms with van der Waals surface area (Å²) in [6, 6.07) is 52.5. The van der Waals surface area contributed by atoms with Gasteiger partial charge in [0.15, 0.2) is 0 Å². The van der Waals surface area contributed by atoms with Crippen molar-refractivity contribution in [2.24, 2.45) is 0 Å². The van der Waals surface area contributed by atoms with E-state index in [0.29, 0.717) is 33.4 Å². The summed E-state index contributed by atoms with van der Waals surface area (Å²) in [5, 5.41) is 0. The fourth-order valence-corrected chi connectivity index (χ4v) is 4.47. The van der Waals surface area contributed by atoms with Gasteiger partial charge < -0.3 is 28.8 Å². The van der Waals surface area contributed by atoms with Crippen molar-refractivity contribution in [1.29, 1.82) is 0 Å². The minimum atomic E-state index is -0.264. The number of hydrogen-bond donors (Lipinski definition) is 0. The molecule has 6 aromatic rings. The van der Waals surface area contributed by atoms with Crippen LogP contribution in [0.2, 0.25) is 0 Å². The first-order valence-corrected chi connectivity index (χ1v) is 15.9. The molecule has 0 aliphatic rings. The summed E-state index contributed by atoms with van der Waals surface area (Å²) in [5.41, 5.74) is 3.15. The minimum absolute atomic E-state index is 0. The second-order valence-electron chi connectivity index (χ2n) is 10.8. The van der Waals surface area contributed by atoms with Gasteiger partial charge in [-0.1, -0.05) is 162 Å². The van der Waals surface area contributed by atoms with Crippen LogP contribution in [0.15, 0.2) is 182 Å². The normalized spacial score (nSPS) is 9.46. The molecule has 0 saturated carbocycles. The molecule has 0 saturated heterocycles. The molecule has 0 fully saturated rings. The summed E-state index contributed by atoms with van der Waals surface area (Å²) in [5.74, 6) is -1.59. The second kappa shape index (κ2) is 21.5. The Morgan fingerprint density at radius 3 is 0.462 bits per heavy atom. The van der Waals surface area contributed by atoms with Crippen LogP contribution in [0.25, 0.3) is 0 Å². The molecule has 252 valence electrons. The summed E-state index contributed by atoms with van der Waals surface area (Å²) in [6.45, 7) is 0. The first-order chi connectivity index (χ1) is 24.8. The van der Waals surface area contributed by atoms with E-state index in [9.17, 15) is 28.8 Å². The third-order valence-corrected chi connectivity index (χ3v) is 7.14. The Balaban J connectivity index is 0.000000208. The van der Waals surface area contributed by atoms with E-state index in [1.807, 2.05) is 36.4 Å². The third-order valence-electron chi connectivity index (χ3n) is 7.14. The molecule has 0 atom stereocenters. The van der Waals surface area contributed by atoms with Crippen molar-refractivity contribution >= 4 is 52.1 Å². The molecule has 52 heavy (non-hydrogen) atoms. The fourth-order valence-electron chi connectivity index (χ4n) is 4.47. The summed E-state index contributed by atoms with van der Waals surface area (Å²) in [7, 11) is 0. The largest absolute Gasteiger partial charge is 3.00 e. The fraction of sp³-hybridized carbons (Fsp3) is 0. The average molecular weight is 697 g/mol. The second-order valence-corrected chi connectivity index (χ2v) is 10.8. The van der Waals surface area contributed by atoms with Crippen molar-refractivity contribution < 1.29 is 28.8 Å². The molecule has 0 aromatic heterocycles. The van der Waals surface area contributed by atoms with Gasteiger partial charge in [0.05, 0.1) is 34.7 Å². The van der Waals surface area contributed by atoms with Gasteiger partial charge in [-0.25, -0.2) is 0 Å². The van der Waals surface area contributed by atoms with Gasteiger partial charge in [0.1, 0.15) is 0 Å². The Morgan fingerprint density at radius 2 is 0.346 bits per heavy atom. The van der Waals surface area contributed by atoms with Gasteiger partial charge in [0.25, 0.3) is 0 Å². The number of Topliss-reactive ketones (excluding diaryl/α,β-unsaturated/α-hetero) is 6. The van der Waals surface area contributed by atoms with Gasteiger partial charge in [-0.15, -0.1) is 72.8 Å². The summed E-state index contributed by atoms with van der Waals surface area (Å²) >= 11 is 0. The molecule has 0 radical (unpaired) electrons. The molecule has 0 aliphatic carbocycles. The van der Waals surface area contributed by atoms with Crippen molar-refractivity contribution in [2.75, 3.05) is 0 Å². The molecule has 7 heteroatoms. The Bertz CT molecular complexity index is 1640. The molecule has 6 aromatic carbocycles. The van der Waals surface area contributed by atoms with Crippen LogP contribution in [0, 0.1) is 19.3 Å². The average Bonchev–Trinajstić information content (AvgIpc) is 3.20. The topological polar surface area (TPSA) is 102 Å². The first kappa shape index (κ1) is 39.9. The van der Waals surface area contributed by atoms with E-state index in [1.54, 1.807) is 146 Å². The maximum atomic E-state index is 11.8. The molecular formula is C45H33AlO6. The quantitative estimate of drug-likeness (QED) is 0.0551. The summed E-state index contributed by atoms with van der Waals surface area (Å²) in [4.78, 5) is 70.5. The van der Waals surface area contributed by atoms with E-state index in [0.717, 1.165) is 19.3 Å². The van der Waals surface area contributed by atoms with Crippen LogP contribution in [-0.4, -0.2) is 52.1 Å². The smallest absolute Gasteiger partial charge is 0.318 e. The van der Waals surface area contributed by atoms with Gasteiger partial charge in [0, 0.05) is 0 Å². The van der Waals surface area contributed by atoms with Crippen LogP contribution in [0.1, 0.15) is 62.1 Å². The van der Waals surface area contributed by atoms with Crippen molar-refractivity contribution in [3.05, 3.63) is 235 Å². The van der Waals surface area contributed by atoms with Gasteiger partial charge in [-0.2, -0.15) is 0 Å². The van der Waals surface area contributed by atoms with Gasteiger partial charge in [-0.3, -0.25) is 0 Å². The van der Waals surface area contributed by atoms with Gasteiger partial charge in [0.2, 0.25) is 0 Å². The Labute approximate surface area is 314 Å². The van der Waals surface area contributed by atoms with Crippen LogP contribution in [-0.2, 0) is 0 Å². The van der Waals surface area contributed by atoms with E-state index in [1.165, 1.54) is 0 Å². The van der Waals surface area contributed by atoms with Gasteiger partial charge in [-0.05, 0) is 0 Å². The van der Waals surface area contributed by atoms with Crippen LogP contribution >= 0.6 is 0 Å². The predicted octanol–water partition coefficient (Wildman–Crippen LogP) is 8.49. The number of benzene rings is 6. The molecule has 0 bridgehead atoms. The van der Waals surface area contributed by atoms with Crippen molar-refractivity contribution in [1.82, 2.24) is 0 Å². The molecule has 6 nitrogen and oxygen atoms in total. The van der Waals surface area contributed by atoms with Crippen molar-refractivity contribution in [3.8, 4) is 0 Å². The number of rotatable bonds is 12. The molecule has 0 aliphatic heterocycles. The Kier molecular flexibility index (Phi) is 16.5. The van der Waals surface area contributed by atoms with Crippen molar-refractivity contribution in [2.45, 2.75) is 0 Å². The maximum Gasteiger partial charge on any atom is 3.00 e. The minimum Gasteiger partial charge on any atom is -0.318 e. The summed E-state index contributed by atoms with van der Waals surface area (Å²) in [6.07, 6.45) is 3.39. The molecule has 0 N–H and O–H groups in total. The van der Waals surface area contributed by atoms with Crippen molar-refractivity contribution in [3.63, 3.8) is 0 Å². The first-order valence-electron chi connectivity index (χ1n) is 15.9. The number of carbonyl (C=O) groups is 6. The van der Waals surface area contributed by atoms with E-state index >= 15 is 0 Å². The SMILES string of the molecule is O=C([CH-]C(=O)c1ccccc1)c1ccccc1.O=C([CH-]C(=O)c1ccccc1)c1ccccc1.O=C([CH-]C(=O)c1ccccc1)c1ccccc1.[Al+3]. The van der Waals surface area contributed by atoms with E-state index in [2.05, 4.69) is 0 Å². The van der Waals surface area contributed by atoms with E-state index < -0.39 is 0 Å². The zero-order valence-electron chi connectivity index (χ0n) is 28.1. The van der Waals surface area contributed by atoms with Crippen LogP contribution in [0.3, 0.4) is 0 Å². The monoisotopic (exact) mass is 696 g/mol. The molecule has 0 amide bonds. The van der Waals surface area contributed by atoms with Crippen LogP contribution < -0.4 is 0 Å². The van der Waals surface area contributed by atoms with E-state index in [4.69, 9.17) is 0 Å². The zero-order chi connectivity index (χ0) is 36.3. The Hall–Kier alpha value is -6.52. The Morgan fingerprint density at radius 1 is 0.231 bits per heavy atom. The van der Waals surface area contributed by atoms with Gasteiger partial charge >= 0.3 is 17.4 Å². The number of carbonyl (C=O) groups excluding carboxylic acids is 6.